The molecule has 1 aromatic rings. The zero-order chi connectivity index (χ0) is 18.8. The van der Waals surface area contributed by atoms with Gasteiger partial charge in [0.25, 0.3) is 0 Å². The molecule has 0 fully saturated rings. The first-order valence-corrected chi connectivity index (χ1v) is 7.07. The molecule has 25 heavy (non-hydrogen) atoms. The molecule has 0 aliphatic heterocycles. The molecule has 0 atom stereocenters. The third-order valence-corrected chi connectivity index (χ3v) is 2.91. The van der Waals surface area contributed by atoms with Crippen LogP contribution in [0, 0.1) is 0 Å². The number of amides is 1. The zero-order valence-corrected chi connectivity index (χ0v) is 14.4. The fraction of sp³-hybridized carbons (Fsp3) is 0.312. The molecule has 0 heterocycles. The Balaban J connectivity index is 3.21. The fourth-order valence-corrected chi connectivity index (χ4v) is 1.76. The van der Waals surface area contributed by atoms with Gasteiger partial charge in [-0.1, -0.05) is 0 Å². The van der Waals surface area contributed by atoms with Gasteiger partial charge in [0.15, 0.2) is 0 Å². The highest BCUT2D eigenvalue weighted by Crippen LogP contribution is 2.28. The summed E-state index contributed by atoms with van der Waals surface area (Å²) in [6, 6.07) is 4.73. The average molecular weight is 352 g/mol. The fourth-order valence-electron chi connectivity index (χ4n) is 1.76. The SMILES string of the molecule is COCC(=O)Nc1ccc(OC)cc1N/C(=C/C(=O)OC)C(=O)OC. The largest absolute Gasteiger partial charge is 0.497 e. The van der Waals surface area contributed by atoms with Crippen LogP contribution in [0.2, 0.25) is 0 Å². The van der Waals surface area contributed by atoms with E-state index in [0.717, 1.165) is 6.08 Å². The molecule has 136 valence electrons. The molecule has 1 amide bonds. The summed E-state index contributed by atoms with van der Waals surface area (Å²) in [5.41, 5.74) is 0.483. The van der Waals surface area contributed by atoms with E-state index >= 15 is 0 Å². The van der Waals surface area contributed by atoms with E-state index in [0.29, 0.717) is 17.1 Å². The number of hydrogen-bond donors (Lipinski definition) is 2. The van der Waals surface area contributed by atoms with Gasteiger partial charge >= 0.3 is 11.9 Å². The van der Waals surface area contributed by atoms with Gasteiger partial charge in [0.2, 0.25) is 5.91 Å². The Morgan fingerprint density at radius 3 is 2.28 bits per heavy atom. The predicted molar refractivity (Wildman–Crippen MR) is 89.2 cm³/mol. The Morgan fingerprint density at radius 2 is 1.72 bits per heavy atom. The smallest absolute Gasteiger partial charge is 0.354 e. The van der Waals surface area contributed by atoms with E-state index in [4.69, 9.17) is 9.47 Å². The molecule has 0 aliphatic rings. The predicted octanol–water partition coefficient (Wildman–Crippen LogP) is 0.922. The van der Waals surface area contributed by atoms with E-state index in [1.54, 1.807) is 12.1 Å². The van der Waals surface area contributed by atoms with Crippen LogP contribution in [0.25, 0.3) is 0 Å². The van der Waals surface area contributed by atoms with Crippen LogP contribution in [0.3, 0.4) is 0 Å². The Morgan fingerprint density at radius 1 is 1.00 bits per heavy atom. The van der Waals surface area contributed by atoms with Gasteiger partial charge in [0, 0.05) is 13.2 Å². The summed E-state index contributed by atoms with van der Waals surface area (Å²) in [5, 5.41) is 5.35. The first-order valence-electron chi connectivity index (χ1n) is 7.07. The van der Waals surface area contributed by atoms with E-state index in [-0.39, 0.29) is 12.3 Å². The summed E-state index contributed by atoms with van der Waals surface area (Å²) in [6.45, 7) is -0.146. The zero-order valence-electron chi connectivity index (χ0n) is 14.4. The van der Waals surface area contributed by atoms with Crippen LogP contribution in [-0.2, 0) is 28.6 Å². The second-order valence-electron chi connectivity index (χ2n) is 4.59. The maximum absolute atomic E-state index is 11.9. The van der Waals surface area contributed by atoms with E-state index in [1.165, 1.54) is 34.5 Å². The number of esters is 2. The van der Waals surface area contributed by atoms with Gasteiger partial charge in [-0.25, -0.2) is 9.59 Å². The van der Waals surface area contributed by atoms with Crippen molar-refractivity contribution in [2.75, 3.05) is 45.7 Å². The van der Waals surface area contributed by atoms with Crippen LogP contribution in [0.5, 0.6) is 5.75 Å². The molecule has 9 heteroatoms. The number of benzene rings is 1. The molecule has 0 bridgehead atoms. The highest BCUT2D eigenvalue weighted by Gasteiger charge is 2.16. The first kappa shape index (κ1) is 20.0. The Kier molecular flexibility index (Phi) is 7.94. The minimum atomic E-state index is -0.789. The highest BCUT2D eigenvalue weighted by atomic mass is 16.5. The van der Waals surface area contributed by atoms with Crippen molar-refractivity contribution in [1.82, 2.24) is 0 Å². The van der Waals surface area contributed by atoms with Crippen molar-refractivity contribution in [3.05, 3.63) is 30.0 Å². The van der Waals surface area contributed by atoms with Crippen LogP contribution in [-0.4, -0.2) is 52.9 Å². The minimum absolute atomic E-state index is 0.146. The Bertz CT molecular complexity index is 670. The third-order valence-electron chi connectivity index (χ3n) is 2.91. The molecular formula is C16H20N2O7. The van der Waals surface area contributed by atoms with Crippen molar-refractivity contribution in [2.24, 2.45) is 0 Å². The number of hydrogen-bond acceptors (Lipinski definition) is 8. The molecule has 1 aromatic carbocycles. The van der Waals surface area contributed by atoms with Crippen LogP contribution in [0.4, 0.5) is 11.4 Å². The van der Waals surface area contributed by atoms with Gasteiger partial charge in [-0.05, 0) is 12.1 Å². The van der Waals surface area contributed by atoms with Gasteiger partial charge in [-0.2, -0.15) is 0 Å². The number of ether oxygens (including phenoxy) is 4. The number of rotatable bonds is 8. The van der Waals surface area contributed by atoms with E-state index in [2.05, 4.69) is 20.1 Å². The van der Waals surface area contributed by atoms with E-state index < -0.39 is 17.8 Å². The van der Waals surface area contributed by atoms with Crippen molar-refractivity contribution < 1.29 is 33.3 Å². The van der Waals surface area contributed by atoms with Gasteiger partial charge < -0.3 is 29.6 Å². The molecule has 0 radical (unpaired) electrons. The monoisotopic (exact) mass is 352 g/mol. The van der Waals surface area contributed by atoms with E-state index in [9.17, 15) is 14.4 Å². The van der Waals surface area contributed by atoms with Crippen LogP contribution >= 0.6 is 0 Å². The number of anilines is 2. The number of nitrogens with one attached hydrogen (secondary N) is 2. The maximum Gasteiger partial charge on any atom is 0.354 e. The number of carbonyl (C=O) groups excluding carboxylic acids is 3. The first-order chi connectivity index (χ1) is 11.9. The Labute approximate surface area is 144 Å². The highest BCUT2D eigenvalue weighted by molar-refractivity contribution is 6.01. The summed E-state index contributed by atoms with van der Waals surface area (Å²) in [5.74, 6) is -1.47. The lowest BCUT2D eigenvalue weighted by atomic mass is 10.2. The molecule has 0 saturated heterocycles. The standard InChI is InChI=1S/C16H20N2O7/c1-22-9-14(19)18-11-6-5-10(23-2)7-12(11)17-13(16(21)25-4)8-15(20)24-3/h5-8,17H,9H2,1-4H3,(H,18,19)/b13-8+. The normalized spacial score (nSPS) is 10.6. The summed E-state index contributed by atoms with van der Waals surface area (Å²) in [6.07, 6.45) is 0.937. The molecular weight excluding hydrogens is 332 g/mol. The maximum atomic E-state index is 11.9. The molecule has 1 rings (SSSR count). The Hall–Kier alpha value is -3.07. The molecule has 0 unspecified atom stereocenters. The van der Waals surface area contributed by atoms with Gasteiger partial charge in [0.05, 0.1) is 38.8 Å². The van der Waals surface area contributed by atoms with Crippen molar-refractivity contribution >= 4 is 29.2 Å². The van der Waals surface area contributed by atoms with Gasteiger partial charge in [-0.3, -0.25) is 4.79 Å². The second-order valence-corrected chi connectivity index (χ2v) is 4.59. The van der Waals surface area contributed by atoms with Crippen molar-refractivity contribution in [1.29, 1.82) is 0 Å². The number of carbonyl (C=O) groups is 3. The van der Waals surface area contributed by atoms with Crippen LogP contribution < -0.4 is 15.4 Å². The summed E-state index contributed by atoms with van der Waals surface area (Å²) in [7, 11) is 5.20. The second kappa shape index (κ2) is 9.93. The molecule has 0 saturated carbocycles. The topological polar surface area (TPSA) is 112 Å². The molecule has 0 aliphatic carbocycles. The van der Waals surface area contributed by atoms with Gasteiger partial charge in [0.1, 0.15) is 18.1 Å². The van der Waals surface area contributed by atoms with Gasteiger partial charge in [-0.15, -0.1) is 0 Å². The van der Waals surface area contributed by atoms with Crippen molar-refractivity contribution in [3.63, 3.8) is 0 Å². The molecule has 9 nitrogen and oxygen atoms in total. The average Bonchev–Trinajstić information content (AvgIpc) is 2.61. The lowest BCUT2D eigenvalue weighted by Gasteiger charge is -2.15. The van der Waals surface area contributed by atoms with Crippen LogP contribution in [0.15, 0.2) is 30.0 Å². The third kappa shape index (κ3) is 6.15. The quantitative estimate of drug-likeness (QED) is 0.525. The number of methoxy groups -OCH3 is 4. The van der Waals surface area contributed by atoms with Crippen LogP contribution in [0.1, 0.15) is 0 Å². The summed E-state index contributed by atoms with van der Waals surface area (Å²) >= 11 is 0. The van der Waals surface area contributed by atoms with Crippen molar-refractivity contribution in [3.8, 4) is 5.75 Å². The lowest BCUT2D eigenvalue weighted by Crippen LogP contribution is -2.20. The minimum Gasteiger partial charge on any atom is -0.497 e. The molecule has 0 aromatic heterocycles. The van der Waals surface area contributed by atoms with Crippen molar-refractivity contribution in [2.45, 2.75) is 0 Å². The summed E-state index contributed by atoms with van der Waals surface area (Å²) in [4.78, 5) is 35.0. The molecule has 2 N–H and O–H groups in total. The summed E-state index contributed by atoms with van der Waals surface area (Å²) < 4.78 is 19.0. The molecule has 0 spiro atoms. The van der Waals surface area contributed by atoms with E-state index in [1.807, 2.05) is 0 Å². The lowest BCUT2D eigenvalue weighted by molar-refractivity contribution is -0.138.